The normalized spacial score (nSPS) is 14.9. The molecule has 0 spiro atoms. The Balaban J connectivity index is 1.61. The predicted octanol–water partition coefficient (Wildman–Crippen LogP) is 3.18. The van der Waals surface area contributed by atoms with Gasteiger partial charge >= 0.3 is 0 Å². The van der Waals surface area contributed by atoms with Crippen LogP contribution in [0.1, 0.15) is 0 Å². The zero-order valence-corrected chi connectivity index (χ0v) is 18.5. The first kappa shape index (κ1) is 20.8. The number of rotatable bonds is 6. The van der Waals surface area contributed by atoms with Gasteiger partial charge in [-0.1, -0.05) is 48.2 Å². The molecule has 1 aliphatic rings. The molecule has 1 amide bonds. The van der Waals surface area contributed by atoms with Crippen LogP contribution in [0, 0.1) is 0 Å². The summed E-state index contributed by atoms with van der Waals surface area (Å²) in [5, 5.41) is 1.17. The highest BCUT2D eigenvalue weighted by molar-refractivity contribution is 7.99. The van der Waals surface area contributed by atoms with E-state index >= 15 is 0 Å². The quantitative estimate of drug-likeness (QED) is 0.335. The number of hydrogen-bond acceptors (Lipinski definition) is 6. The van der Waals surface area contributed by atoms with E-state index in [4.69, 9.17) is 4.98 Å². The number of aromatic nitrogens is 2. The van der Waals surface area contributed by atoms with E-state index in [1.165, 1.54) is 23.1 Å². The van der Waals surface area contributed by atoms with Gasteiger partial charge in [-0.3, -0.25) is 14.2 Å². The molecule has 1 aromatic carbocycles. The maximum atomic E-state index is 13.1. The molecule has 8 heteroatoms. The minimum atomic E-state index is -0.0899. The number of amides is 1. The summed E-state index contributed by atoms with van der Waals surface area (Å²) in [5.74, 6) is 0.360. The number of thioether (sulfide) groups is 1. The van der Waals surface area contributed by atoms with Gasteiger partial charge in [-0.25, -0.2) is 4.98 Å². The molecule has 3 aromatic rings. The number of nitrogens with zero attached hydrogens (tertiary/aromatic N) is 4. The molecule has 0 saturated carbocycles. The highest BCUT2D eigenvalue weighted by Gasteiger charge is 2.21. The van der Waals surface area contributed by atoms with E-state index in [0.717, 1.165) is 36.6 Å². The van der Waals surface area contributed by atoms with Crippen LogP contribution in [0.25, 0.3) is 20.7 Å². The summed E-state index contributed by atoms with van der Waals surface area (Å²) in [6.45, 7) is 7.40. The fourth-order valence-corrected chi connectivity index (χ4v) is 5.40. The van der Waals surface area contributed by atoms with Gasteiger partial charge < -0.3 is 9.80 Å². The summed E-state index contributed by atoms with van der Waals surface area (Å²) >= 11 is 2.83. The number of carbonyl (C=O) groups excluding carboxylic acids is 1. The molecule has 0 atom stereocenters. The number of carbonyl (C=O) groups is 1. The average Bonchev–Trinajstić information content (AvgIpc) is 3.20. The van der Waals surface area contributed by atoms with Crippen LogP contribution in [-0.2, 0) is 11.3 Å². The van der Waals surface area contributed by atoms with Crippen LogP contribution in [0.5, 0.6) is 0 Å². The van der Waals surface area contributed by atoms with Gasteiger partial charge in [0.05, 0.1) is 11.1 Å². The summed E-state index contributed by atoms with van der Waals surface area (Å²) in [4.78, 5) is 36.3. The minimum absolute atomic E-state index is 0.0868. The monoisotopic (exact) mass is 440 g/mol. The Morgan fingerprint density at radius 3 is 2.67 bits per heavy atom. The molecule has 1 saturated heterocycles. The van der Waals surface area contributed by atoms with Crippen molar-refractivity contribution in [2.75, 3.05) is 39.0 Å². The van der Waals surface area contributed by atoms with Crippen molar-refractivity contribution in [2.24, 2.45) is 0 Å². The second-order valence-corrected chi connectivity index (χ2v) is 9.24. The standard InChI is InChI=1S/C22H24N4O2S2/c1-3-9-26-21(28)17-14-18(16-7-5-4-6-8-16)30-20(17)23-22(26)29-15-19(27)25-12-10-24(2)11-13-25/h3-8,14H,1,9-13,15H2,2H3. The number of hydrogen-bond donors (Lipinski definition) is 0. The summed E-state index contributed by atoms with van der Waals surface area (Å²) in [6, 6.07) is 11.9. The highest BCUT2D eigenvalue weighted by atomic mass is 32.2. The lowest BCUT2D eigenvalue weighted by molar-refractivity contribution is -0.129. The number of benzene rings is 1. The fraction of sp³-hybridized carbons (Fsp3) is 0.318. The first-order valence-electron chi connectivity index (χ1n) is 9.86. The number of allylic oxidation sites excluding steroid dienone is 1. The summed E-state index contributed by atoms with van der Waals surface area (Å²) in [7, 11) is 2.06. The lowest BCUT2D eigenvalue weighted by atomic mass is 10.2. The van der Waals surface area contributed by atoms with Crippen molar-refractivity contribution < 1.29 is 4.79 Å². The Morgan fingerprint density at radius 2 is 1.97 bits per heavy atom. The molecule has 1 aliphatic heterocycles. The van der Waals surface area contributed by atoms with E-state index in [0.29, 0.717) is 21.9 Å². The van der Waals surface area contributed by atoms with E-state index in [9.17, 15) is 9.59 Å². The van der Waals surface area contributed by atoms with Crippen molar-refractivity contribution in [3.63, 3.8) is 0 Å². The molecule has 156 valence electrons. The summed E-state index contributed by atoms with van der Waals surface area (Å²) in [5.41, 5.74) is 0.975. The number of thiophene rings is 1. The minimum Gasteiger partial charge on any atom is -0.339 e. The molecule has 0 N–H and O–H groups in total. The molecule has 3 heterocycles. The molecule has 0 aliphatic carbocycles. The Labute approximate surface area is 183 Å². The van der Waals surface area contributed by atoms with Gasteiger partial charge in [0, 0.05) is 37.6 Å². The van der Waals surface area contributed by atoms with Crippen LogP contribution in [0.15, 0.2) is 59.0 Å². The van der Waals surface area contributed by atoms with Crippen LogP contribution < -0.4 is 5.56 Å². The van der Waals surface area contributed by atoms with Crippen molar-refractivity contribution in [3.8, 4) is 10.4 Å². The predicted molar refractivity (Wildman–Crippen MR) is 124 cm³/mol. The molecular weight excluding hydrogens is 416 g/mol. The van der Waals surface area contributed by atoms with Crippen LogP contribution in [-0.4, -0.2) is 64.2 Å². The van der Waals surface area contributed by atoms with Crippen LogP contribution in [0.2, 0.25) is 0 Å². The van der Waals surface area contributed by atoms with Gasteiger partial charge in [0.15, 0.2) is 5.16 Å². The van der Waals surface area contributed by atoms with E-state index in [1.807, 2.05) is 41.3 Å². The third-order valence-corrected chi connectivity index (χ3v) is 7.21. The van der Waals surface area contributed by atoms with Crippen LogP contribution in [0.3, 0.4) is 0 Å². The smallest absolute Gasteiger partial charge is 0.263 e. The van der Waals surface area contributed by atoms with E-state index < -0.39 is 0 Å². The maximum Gasteiger partial charge on any atom is 0.263 e. The Hall–Kier alpha value is -2.42. The Bertz CT molecular complexity index is 1120. The molecule has 30 heavy (non-hydrogen) atoms. The molecular formula is C22H24N4O2S2. The molecule has 1 fully saturated rings. The third kappa shape index (κ3) is 4.35. The van der Waals surface area contributed by atoms with Crippen molar-refractivity contribution in [1.29, 1.82) is 0 Å². The second-order valence-electron chi connectivity index (χ2n) is 7.27. The fourth-order valence-electron chi connectivity index (χ4n) is 3.42. The van der Waals surface area contributed by atoms with Gasteiger partial charge in [0.2, 0.25) is 5.91 Å². The van der Waals surface area contributed by atoms with Crippen LogP contribution >= 0.6 is 23.1 Å². The van der Waals surface area contributed by atoms with E-state index in [-0.39, 0.29) is 17.2 Å². The largest absolute Gasteiger partial charge is 0.339 e. The van der Waals surface area contributed by atoms with Crippen molar-refractivity contribution in [1.82, 2.24) is 19.4 Å². The van der Waals surface area contributed by atoms with Crippen molar-refractivity contribution >= 4 is 39.2 Å². The van der Waals surface area contributed by atoms with Gasteiger partial charge in [0.1, 0.15) is 4.83 Å². The van der Waals surface area contributed by atoms with Gasteiger partial charge in [0.25, 0.3) is 5.56 Å². The first-order chi connectivity index (χ1) is 14.6. The molecule has 4 rings (SSSR count). The van der Waals surface area contributed by atoms with Gasteiger partial charge in [-0.2, -0.15) is 0 Å². The Kier molecular flexibility index (Phi) is 6.36. The number of piperazine rings is 1. The molecule has 2 aromatic heterocycles. The third-order valence-electron chi connectivity index (χ3n) is 5.17. The Morgan fingerprint density at radius 1 is 1.23 bits per heavy atom. The summed E-state index contributed by atoms with van der Waals surface area (Å²) in [6.07, 6.45) is 1.69. The topological polar surface area (TPSA) is 58.4 Å². The second kappa shape index (κ2) is 9.16. The lowest BCUT2D eigenvalue weighted by Gasteiger charge is -2.32. The van der Waals surface area contributed by atoms with E-state index in [1.54, 1.807) is 10.6 Å². The molecule has 0 unspecified atom stereocenters. The number of likely N-dealkylation sites (N-methyl/N-ethyl adjacent to an activating group) is 1. The van der Waals surface area contributed by atoms with Gasteiger partial charge in [-0.15, -0.1) is 17.9 Å². The number of fused-ring (bicyclic) bond motifs is 1. The summed E-state index contributed by atoms with van der Waals surface area (Å²) < 4.78 is 1.61. The molecule has 0 radical (unpaired) electrons. The van der Waals surface area contributed by atoms with E-state index in [2.05, 4.69) is 18.5 Å². The van der Waals surface area contributed by atoms with Crippen LogP contribution in [0.4, 0.5) is 0 Å². The average molecular weight is 441 g/mol. The lowest BCUT2D eigenvalue weighted by Crippen LogP contribution is -2.47. The maximum absolute atomic E-state index is 13.1. The van der Waals surface area contributed by atoms with Crippen molar-refractivity contribution in [3.05, 3.63) is 59.4 Å². The highest BCUT2D eigenvalue weighted by Crippen LogP contribution is 2.32. The van der Waals surface area contributed by atoms with Gasteiger partial charge in [-0.05, 0) is 18.7 Å². The zero-order valence-electron chi connectivity index (χ0n) is 16.9. The SMILES string of the molecule is C=CCn1c(SCC(=O)N2CCN(C)CC2)nc2sc(-c3ccccc3)cc2c1=O. The van der Waals surface area contributed by atoms with Crippen molar-refractivity contribution in [2.45, 2.75) is 11.7 Å². The molecule has 6 nitrogen and oxygen atoms in total. The first-order valence-corrected chi connectivity index (χ1v) is 11.7. The molecule has 0 bridgehead atoms. The zero-order chi connectivity index (χ0) is 21.1.